The van der Waals surface area contributed by atoms with E-state index in [1.807, 2.05) is 11.3 Å². The molecule has 0 bridgehead atoms. The molecule has 0 amide bonds. The molecule has 0 spiro atoms. The summed E-state index contributed by atoms with van der Waals surface area (Å²) in [6.07, 6.45) is 7.57. The predicted octanol–water partition coefficient (Wildman–Crippen LogP) is 3.76. The third-order valence-corrected chi connectivity index (χ3v) is 5.11. The first kappa shape index (κ1) is 14.9. The zero-order valence-electron chi connectivity index (χ0n) is 12.5. The van der Waals surface area contributed by atoms with E-state index >= 15 is 0 Å². The first-order valence-electron chi connectivity index (χ1n) is 7.70. The maximum absolute atomic E-state index is 4.43. The molecular weight excluding hydrogens is 254 g/mol. The second-order valence-electron chi connectivity index (χ2n) is 6.20. The van der Waals surface area contributed by atoms with Crippen molar-refractivity contribution in [1.82, 2.24) is 15.5 Å². The number of hydrogen-bond acceptors (Lipinski definition) is 4. The molecule has 0 unspecified atom stereocenters. The van der Waals surface area contributed by atoms with Gasteiger partial charge in [-0.05, 0) is 31.7 Å². The van der Waals surface area contributed by atoms with Gasteiger partial charge in [0.2, 0.25) is 0 Å². The van der Waals surface area contributed by atoms with Crippen LogP contribution in [0.5, 0.6) is 0 Å². The molecule has 4 heteroatoms. The third-order valence-electron chi connectivity index (χ3n) is 3.97. The van der Waals surface area contributed by atoms with Gasteiger partial charge in [-0.3, -0.25) is 0 Å². The van der Waals surface area contributed by atoms with Gasteiger partial charge in [-0.25, -0.2) is 0 Å². The highest BCUT2D eigenvalue weighted by Gasteiger charge is 2.22. The van der Waals surface area contributed by atoms with Crippen molar-refractivity contribution in [2.24, 2.45) is 5.92 Å². The molecule has 0 aliphatic heterocycles. The fourth-order valence-electron chi connectivity index (χ4n) is 2.67. The van der Waals surface area contributed by atoms with Gasteiger partial charge in [0.15, 0.2) is 0 Å². The Hall–Kier alpha value is -0.480. The van der Waals surface area contributed by atoms with Crippen molar-refractivity contribution in [2.45, 2.75) is 71.3 Å². The predicted molar refractivity (Wildman–Crippen MR) is 81.7 cm³/mol. The number of nitrogens with zero attached hydrogens (tertiary/aromatic N) is 2. The van der Waals surface area contributed by atoms with Crippen molar-refractivity contribution in [3.63, 3.8) is 0 Å². The van der Waals surface area contributed by atoms with Crippen molar-refractivity contribution in [1.29, 1.82) is 0 Å². The molecule has 1 fully saturated rings. The molecule has 0 aromatic carbocycles. The van der Waals surface area contributed by atoms with E-state index < -0.39 is 0 Å². The summed E-state index contributed by atoms with van der Waals surface area (Å²) in [6, 6.07) is 0.578. The first-order valence-corrected chi connectivity index (χ1v) is 8.52. The standard InChI is InChI=1S/C15H27N3S/c1-11(2)16-10-4-5-14-17-18-15(19-14)13-8-6-12(3)7-9-13/h11-13,16H,4-10H2,1-3H3. The second kappa shape index (κ2) is 7.34. The van der Waals surface area contributed by atoms with E-state index in [0.29, 0.717) is 12.0 Å². The van der Waals surface area contributed by atoms with E-state index in [2.05, 4.69) is 36.3 Å². The SMILES string of the molecule is CC1CCC(c2nnc(CCCNC(C)C)s2)CC1. The summed E-state index contributed by atoms with van der Waals surface area (Å²) in [5, 5.41) is 14.8. The lowest BCUT2D eigenvalue weighted by atomic mass is 9.83. The molecular formula is C15H27N3S. The summed E-state index contributed by atoms with van der Waals surface area (Å²) in [5.41, 5.74) is 0. The number of aryl methyl sites for hydroxylation is 1. The lowest BCUT2D eigenvalue weighted by Crippen LogP contribution is -2.23. The molecule has 1 aromatic rings. The molecule has 1 aliphatic rings. The normalized spacial score (nSPS) is 24.0. The minimum absolute atomic E-state index is 0.578. The molecule has 3 nitrogen and oxygen atoms in total. The van der Waals surface area contributed by atoms with Crippen LogP contribution in [0, 0.1) is 5.92 Å². The summed E-state index contributed by atoms with van der Waals surface area (Å²) < 4.78 is 0. The number of hydrogen-bond donors (Lipinski definition) is 1. The Balaban J connectivity index is 1.75. The summed E-state index contributed by atoms with van der Waals surface area (Å²) >= 11 is 1.85. The van der Waals surface area contributed by atoms with Crippen LogP contribution in [0.15, 0.2) is 0 Å². The van der Waals surface area contributed by atoms with Crippen molar-refractivity contribution in [2.75, 3.05) is 6.54 Å². The summed E-state index contributed by atoms with van der Waals surface area (Å²) in [7, 11) is 0. The smallest absolute Gasteiger partial charge is 0.120 e. The molecule has 1 saturated carbocycles. The molecule has 0 atom stereocenters. The Bertz CT molecular complexity index is 367. The lowest BCUT2D eigenvalue weighted by Gasteiger charge is -2.23. The molecule has 0 saturated heterocycles. The summed E-state index contributed by atoms with van der Waals surface area (Å²) in [5.74, 6) is 1.60. The van der Waals surface area contributed by atoms with E-state index in [1.165, 1.54) is 35.7 Å². The minimum atomic E-state index is 0.578. The zero-order chi connectivity index (χ0) is 13.7. The summed E-state index contributed by atoms with van der Waals surface area (Å²) in [4.78, 5) is 0. The maximum Gasteiger partial charge on any atom is 0.120 e. The van der Waals surface area contributed by atoms with E-state index in [1.54, 1.807) is 0 Å². The van der Waals surface area contributed by atoms with E-state index in [-0.39, 0.29) is 0 Å². The van der Waals surface area contributed by atoms with Crippen molar-refractivity contribution in [3.8, 4) is 0 Å². The first-order chi connectivity index (χ1) is 9.15. The Labute approximate surface area is 121 Å². The Kier molecular flexibility index (Phi) is 5.76. The van der Waals surface area contributed by atoms with E-state index in [0.717, 1.165) is 25.3 Å². The zero-order valence-corrected chi connectivity index (χ0v) is 13.3. The van der Waals surface area contributed by atoms with E-state index in [9.17, 15) is 0 Å². The van der Waals surface area contributed by atoms with Gasteiger partial charge >= 0.3 is 0 Å². The monoisotopic (exact) mass is 281 g/mol. The van der Waals surface area contributed by atoms with Crippen molar-refractivity contribution in [3.05, 3.63) is 10.0 Å². The molecule has 19 heavy (non-hydrogen) atoms. The third kappa shape index (κ3) is 4.84. The molecule has 2 rings (SSSR count). The topological polar surface area (TPSA) is 37.8 Å². The van der Waals surface area contributed by atoms with Crippen LogP contribution in [0.25, 0.3) is 0 Å². The quantitative estimate of drug-likeness (QED) is 0.807. The van der Waals surface area contributed by atoms with Gasteiger partial charge in [0.25, 0.3) is 0 Å². The van der Waals surface area contributed by atoms with Gasteiger partial charge in [-0.1, -0.05) is 33.6 Å². The van der Waals surface area contributed by atoms with Crippen LogP contribution in [0.2, 0.25) is 0 Å². The van der Waals surface area contributed by atoms with Gasteiger partial charge < -0.3 is 5.32 Å². The average Bonchev–Trinajstić information content (AvgIpc) is 2.84. The molecule has 0 radical (unpaired) electrons. The molecule has 1 aromatic heterocycles. The largest absolute Gasteiger partial charge is 0.315 e. The highest BCUT2D eigenvalue weighted by atomic mass is 32.1. The van der Waals surface area contributed by atoms with Crippen molar-refractivity contribution < 1.29 is 0 Å². The average molecular weight is 281 g/mol. The van der Waals surface area contributed by atoms with Gasteiger partial charge in [0.1, 0.15) is 10.0 Å². The van der Waals surface area contributed by atoms with Gasteiger partial charge in [0.05, 0.1) is 0 Å². The molecule has 1 heterocycles. The Morgan fingerprint density at radius 2 is 1.95 bits per heavy atom. The van der Waals surface area contributed by atoms with Crippen LogP contribution in [0.1, 0.15) is 68.8 Å². The van der Waals surface area contributed by atoms with Crippen LogP contribution < -0.4 is 5.32 Å². The fraction of sp³-hybridized carbons (Fsp3) is 0.867. The minimum Gasteiger partial charge on any atom is -0.315 e. The molecule has 1 N–H and O–H groups in total. The van der Waals surface area contributed by atoms with E-state index in [4.69, 9.17) is 0 Å². The number of rotatable bonds is 6. The van der Waals surface area contributed by atoms with Gasteiger partial charge in [-0.15, -0.1) is 21.5 Å². The Morgan fingerprint density at radius 1 is 1.21 bits per heavy atom. The number of aromatic nitrogens is 2. The Morgan fingerprint density at radius 3 is 2.63 bits per heavy atom. The van der Waals surface area contributed by atoms with Crippen LogP contribution in [0.3, 0.4) is 0 Å². The fourth-order valence-corrected chi connectivity index (χ4v) is 3.72. The lowest BCUT2D eigenvalue weighted by molar-refractivity contribution is 0.346. The molecule has 108 valence electrons. The highest BCUT2D eigenvalue weighted by molar-refractivity contribution is 7.11. The van der Waals surface area contributed by atoms with Crippen LogP contribution in [-0.4, -0.2) is 22.8 Å². The maximum atomic E-state index is 4.43. The van der Waals surface area contributed by atoms with Crippen LogP contribution >= 0.6 is 11.3 Å². The van der Waals surface area contributed by atoms with Crippen LogP contribution in [-0.2, 0) is 6.42 Å². The van der Waals surface area contributed by atoms with Crippen LogP contribution in [0.4, 0.5) is 0 Å². The second-order valence-corrected chi connectivity index (χ2v) is 7.30. The number of nitrogens with one attached hydrogen (secondary N) is 1. The van der Waals surface area contributed by atoms with Crippen molar-refractivity contribution >= 4 is 11.3 Å². The van der Waals surface area contributed by atoms with Gasteiger partial charge in [-0.2, -0.15) is 0 Å². The highest BCUT2D eigenvalue weighted by Crippen LogP contribution is 2.36. The molecule has 1 aliphatic carbocycles. The van der Waals surface area contributed by atoms with Gasteiger partial charge in [0, 0.05) is 18.4 Å². The summed E-state index contributed by atoms with van der Waals surface area (Å²) in [6.45, 7) is 7.82.